The number of rotatable bonds is 4. The number of anilines is 1. The van der Waals surface area contributed by atoms with Crippen molar-refractivity contribution >= 4 is 38.2 Å². The molecule has 7 nitrogen and oxygen atoms in total. The third kappa shape index (κ3) is 3.50. The van der Waals surface area contributed by atoms with E-state index in [1.54, 1.807) is 42.5 Å². The fourth-order valence-electron chi connectivity index (χ4n) is 2.20. The molecule has 0 aliphatic carbocycles. The van der Waals surface area contributed by atoms with Crippen molar-refractivity contribution in [3.8, 4) is 5.75 Å². The molecule has 122 valence electrons. The summed E-state index contributed by atoms with van der Waals surface area (Å²) in [6, 6.07) is 17.5. The average Bonchev–Trinajstić information content (AvgIpc) is 2.56. The van der Waals surface area contributed by atoms with Gasteiger partial charge in [0, 0.05) is 5.39 Å². The number of nitrogens with two attached hydrogens (primary N) is 1. The van der Waals surface area contributed by atoms with Crippen molar-refractivity contribution in [2.24, 2.45) is 10.2 Å². The van der Waals surface area contributed by atoms with E-state index in [9.17, 15) is 8.42 Å². The molecule has 0 unspecified atom stereocenters. The highest BCUT2D eigenvalue weighted by molar-refractivity contribution is 7.81. The minimum absolute atomic E-state index is 0.0361. The Bertz CT molecular complexity index is 1020. The number of hydrogen-bond donors (Lipinski definition) is 2. The SMILES string of the molecule is Nc1c(N=Nc2ccccc2)cc2ccccc2c1OS(=O)(=O)O. The standard InChI is InChI=1S/C16H13N3O4S/c17-15-14(19-18-12-7-2-1-3-8-12)10-11-6-4-5-9-13(11)16(15)23-24(20,21)22/h1-10H,17H2,(H,20,21,22). The van der Waals surface area contributed by atoms with Gasteiger partial charge in [-0.05, 0) is 23.6 Å². The molecule has 0 bridgehead atoms. The monoisotopic (exact) mass is 343 g/mol. The molecule has 0 aliphatic heterocycles. The highest BCUT2D eigenvalue weighted by atomic mass is 32.3. The average molecular weight is 343 g/mol. The highest BCUT2D eigenvalue weighted by Crippen LogP contribution is 2.40. The lowest BCUT2D eigenvalue weighted by atomic mass is 10.1. The van der Waals surface area contributed by atoms with Crippen molar-refractivity contribution in [1.29, 1.82) is 0 Å². The first kappa shape index (κ1) is 15.9. The third-order valence-electron chi connectivity index (χ3n) is 3.24. The van der Waals surface area contributed by atoms with Gasteiger partial charge in [-0.1, -0.05) is 42.5 Å². The summed E-state index contributed by atoms with van der Waals surface area (Å²) in [5.74, 6) is -0.183. The van der Waals surface area contributed by atoms with E-state index in [1.165, 1.54) is 0 Å². The molecule has 0 saturated carbocycles. The Hall–Kier alpha value is -2.97. The third-order valence-corrected chi connectivity index (χ3v) is 3.61. The Morgan fingerprint density at radius 2 is 1.62 bits per heavy atom. The molecular weight excluding hydrogens is 330 g/mol. The maximum absolute atomic E-state index is 11.1. The van der Waals surface area contributed by atoms with Crippen LogP contribution in [0.25, 0.3) is 10.8 Å². The molecule has 0 atom stereocenters. The first-order valence-corrected chi connectivity index (χ1v) is 8.25. The first-order valence-electron chi connectivity index (χ1n) is 6.89. The zero-order valence-electron chi connectivity index (χ0n) is 12.3. The van der Waals surface area contributed by atoms with Crippen molar-refractivity contribution in [3.63, 3.8) is 0 Å². The summed E-state index contributed by atoms with van der Waals surface area (Å²) in [5.41, 5.74) is 6.78. The summed E-state index contributed by atoms with van der Waals surface area (Å²) in [7, 11) is -4.73. The zero-order valence-corrected chi connectivity index (χ0v) is 13.1. The van der Waals surface area contributed by atoms with Crippen molar-refractivity contribution in [3.05, 3.63) is 60.7 Å². The number of nitrogens with zero attached hydrogens (tertiary/aromatic N) is 2. The van der Waals surface area contributed by atoms with Crippen LogP contribution in [-0.4, -0.2) is 13.0 Å². The van der Waals surface area contributed by atoms with E-state index in [2.05, 4.69) is 14.4 Å². The van der Waals surface area contributed by atoms with E-state index in [0.29, 0.717) is 16.5 Å². The second-order valence-corrected chi connectivity index (χ2v) is 5.93. The van der Waals surface area contributed by atoms with Crippen molar-refractivity contribution < 1.29 is 17.2 Å². The quantitative estimate of drug-likeness (QED) is 0.422. The molecule has 0 radical (unpaired) electrons. The summed E-state index contributed by atoms with van der Waals surface area (Å²) in [5, 5.41) is 9.20. The van der Waals surface area contributed by atoms with Crippen LogP contribution in [0.2, 0.25) is 0 Å². The van der Waals surface area contributed by atoms with Crippen LogP contribution in [0, 0.1) is 0 Å². The minimum atomic E-state index is -4.73. The molecule has 0 heterocycles. The summed E-state index contributed by atoms with van der Waals surface area (Å²) in [6.07, 6.45) is 0. The molecule has 3 aromatic carbocycles. The Morgan fingerprint density at radius 3 is 2.33 bits per heavy atom. The predicted octanol–water partition coefficient (Wildman–Crippen LogP) is 4.02. The van der Waals surface area contributed by atoms with E-state index in [-0.39, 0.29) is 17.1 Å². The maximum atomic E-state index is 11.1. The fraction of sp³-hybridized carbons (Fsp3) is 0. The number of nitrogen functional groups attached to an aromatic ring is 1. The van der Waals surface area contributed by atoms with E-state index < -0.39 is 10.4 Å². The maximum Gasteiger partial charge on any atom is 0.446 e. The Morgan fingerprint density at radius 1 is 0.958 bits per heavy atom. The Labute approximate surface area is 138 Å². The normalized spacial score (nSPS) is 11.9. The van der Waals surface area contributed by atoms with Crippen LogP contribution < -0.4 is 9.92 Å². The van der Waals surface area contributed by atoms with E-state index in [1.807, 2.05) is 18.2 Å². The molecule has 0 saturated heterocycles. The smallest absolute Gasteiger partial charge is 0.394 e. The van der Waals surface area contributed by atoms with Gasteiger partial charge in [-0.25, -0.2) is 0 Å². The van der Waals surface area contributed by atoms with Crippen LogP contribution in [-0.2, 0) is 10.4 Å². The summed E-state index contributed by atoms with van der Waals surface area (Å²) < 4.78 is 35.9. The van der Waals surface area contributed by atoms with Gasteiger partial charge in [-0.2, -0.15) is 13.5 Å². The summed E-state index contributed by atoms with van der Waals surface area (Å²) >= 11 is 0. The lowest BCUT2D eigenvalue weighted by Crippen LogP contribution is -2.08. The molecule has 0 spiro atoms. The number of benzene rings is 3. The largest absolute Gasteiger partial charge is 0.446 e. The number of azo groups is 1. The molecule has 8 heteroatoms. The van der Waals surface area contributed by atoms with Crippen molar-refractivity contribution in [1.82, 2.24) is 0 Å². The molecule has 0 fully saturated rings. The van der Waals surface area contributed by atoms with Gasteiger partial charge in [-0.15, -0.1) is 5.11 Å². The van der Waals surface area contributed by atoms with Gasteiger partial charge >= 0.3 is 10.4 Å². The van der Waals surface area contributed by atoms with Crippen molar-refractivity contribution in [2.75, 3.05) is 5.73 Å². The second-order valence-electron chi connectivity index (χ2n) is 4.91. The highest BCUT2D eigenvalue weighted by Gasteiger charge is 2.17. The Kier molecular flexibility index (Phi) is 4.15. The van der Waals surface area contributed by atoms with Crippen LogP contribution in [0.3, 0.4) is 0 Å². The lowest BCUT2D eigenvalue weighted by molar-refractivity contribution is 0.389. The topological polar surface area (TPSA) is 114 Å². The predicted molar refractivity (Wildman–Crippen MR) is 91.2 cm³/mol. The van der Waals surface area contributed by atoms with Crippen molar-refractivity contribution in [2.45, 2.75) is 0 Å². The van der Waals surface area contributed by atoms with Gasteiger partial charge in [0.15, 0.2) is 5.75 Å². The van der Waals surface area contributed by atoms with Gasteiger partial charge < -0.3 is 9.92 Å². The van der Waals surface area contributed by atoms with Crippen LogP contribution in [0.5, 0.6) is 5.75 Å². The molecule has 3 N–H and O–H groups in total. The van der Waals surface area contributed by atoms with Crippen LogP contribution >= 0.6 is 0 Å². The van der Waals surface area contributed by atoms with Gasteiger partial charge in [0.1, 0.15) is 11.4 Å². The summed E-state index contributed by atoms with van der Waals surface area (Å²) in [6.45, 7) is 0. The molecule has 0 amide bonds. The van der Waals surface area contributed by atoms with E-state index in [0.717, 1.165) is 0 Å². The zero-order chi connectivity index (χ0) is 17.2. The first-order chi connectivity index (χ1) is 11.4. The molecule has 0 aliphatic rings. The number of hydrogen-bond acceptors (Lipinski definition) is 6. The Balaban J connectivity index is 2.15. The molecule has 3 aromatic rings. The van der Waals surface area contributed by atoms with Gasteiger partial charge in [0.2, 0.25) is 0 Å². The molecule has 24 heavy (non-hydrogen) atoms. The molecule has 0 aromatic heterocycles. The second kappa shape index (κ2) is 6.26. The number of fused-ring (bicyclic) bond motifs is 1. The fourth-order valence-corrected chi connectivity index (χ4v) is 2.59. The van der Waals surface area contributed by atoms with E-state index >= 15 is 0 Å². The van der Waals surface area contributed by atoms with Gasteiger partial charge in [0.05, 0.1) is 5.69 Å². The summed E-state index contributed by atoms with van der Waals surface area (Å²) in [4.78, 5) is 0. The lowest BCUT2D eigenvalue weighted by Gasteiger charge is -2.11. The molecular formula is C16H13N3O4S. The van der Waals surface area contributed by atoms with Crippen LogP contribution in [0.15, 0.2) is 70.9 Å². The van der Waals surface area contributed by atoms with E-state index in [4.69, 9.17) is 10.3 Å². The van der Waals surface area contributed by atoms with Crippen LogP contribution in [0.1, 0.15) is 0 Å². The van der Waals surface area contributed by atoms with Crippen LogP contribution in [0.4, 0.5) is 17.1 Å². The molecule has 3 rings (SSSR count). The van der Waals surface area contributed by atoms with Gasteiger partial charge in [-0.3, -0.25) is 4.55 Å². The minimum Gasteiger partial charge on any atom is -0.394 e. The van der Waals surface area contributed by atoms with Gasteiger partial charge in [0.25, 0.3) is 0 Å².